The maximum atomic E-state index is 12.9. The molecule has 33 heavy (non-hydrogen) atoms. The Labute approximate surface area is 203 Å². The Kier molecular flexibility index (Phi) is 5.31. The number of unbranched alkanes of at least 4 members (excludes halogenated alkanes) is 1. The van der Waals surface area contributed by atoms with Gasteiger partial charge in [-0.05, 0) is 0 Å². The summed E-state index contributed by atoms with van der Waals surface area (Å²) in [6, 6.07) is 3.85. The molecule has 2 bridgehead atoms. The van der Waals surface area contributed by atoms with Crippen molar-refractivity contribution in [3.63, 3.8) is 0 Å². The Balaban J connectivity index is 1.39. The van der Waals surface area contributed by atoms with Gasteiger partial charge in [-0.25, -0.2) is 0 Å². The second kappa shape index (κ2) is 7.88. The molecule has 7 nitrogen and oxygen atoms in total. The van der Waals surface area contributed by atoms with Crippen molar-refractivity contribution in [1.29, 1.82) is 0 Å². The van der Waals surface area contributed by atoms with Crippen molar-refractivity contribution in [3.8, 4) is 11.5 Å². The Morgan fingerprint density at radius 2 is 2.18 bits per heavy atom. The molecule has 1 saturated carbocycles. The second-order valence-electron chi connectivity index (χ2n) is 10.4. The first kappa shape index (κ1) is 22.2. The van der Waals surface area contributed by atoms with Crippen LogP contribution >= 0.6 is 20.1 Å². The van der Waals surface area contributed by atoms with Gasteiger partial charge < -0.3 is 0 Å². The number of hydrogen-bond acceptors (Lipinski definition) is 6. The molecule has 3 fully saturated rings. The van der Waals surface area contributed by atoms with Crippen LogP contribution in [-0.4, -0.2) is 71.2 Å². The van der Waals surface area contributed by atoms with Crippen molar-refractivity contribution in [2.45, 2.75) is 73.0 Å². The van der Waals surface area contributed by atoms with Gasteiger partial charge in [0.15, 0.2) is 0 Å². The fraction of sp³-hybridized carbons (Fsp3) is 0.720. The molecule has 8 heteroatoms. The fourth-order valence-electron chi connectivity index (χ4n) is 6.75. The SMILES string of the molecule is CCCCOC(=O)N(C)I1CC[C@@]2(O)[C@H]3Cc4ccc(O)c5c4[C@@]2(CCN3CC2CC2)[C@H]1O5. The van der Waals surface area contributed by atoms with E-state index >= 15 is 0 Å². The first-order valence-corrected chi connectivity index (χ1v) is 16.2. The number of phenols is 1. The van der Waals surface area contributed by atoms with Gasteiger partial charge in [-0.15, -0.1) is 0 Å². The molecule has 0 unspecified atom stereocenters. The van der Waals surface area contributed by atoms with E-state index < -0.39 is 31.1 Å². The molecule has 3 heterocycles. The van der Waals surface area contributed by atoms with E-state index in [9.17, 15) is 15.0 Å². The average Bonchev–Trinajstić information content (AvgIpc) is 3.54. The summed E-state index contributed by atoms with van der Waals surface area (Å²) < 4.78 is 14.6. The summed E-state index contributed by atoms with van der Waals surface area (Å²) in [5.41, 5.74) is 0.802. The van der Waals surface area contributed by atoms with E-state index in [0.717, 1.165) is 54.7 Å². The molecular formula is C25H35IN2O5. The number of halogens is 1. The topological polar surface area (TPSA) is 82.5 Å². The molecular weight excluding hydrogens is 535 g/mol. The number of nitrogens with zero attached hydrogens (tertiary/aromatic N) is 2. The van der Waals surface area contributed by atoms with E-state index in [0.29, 0.717) is 18.8 Å². The van der Waals surface area contributed by atoms with Gasteiger partial charge >= 0.3 is 204 Å². The second-order valence-corrected chi connectivity index (χ2v) is 16.2. The van der Waals surface area contributed by atoms with E-state index in [2.05, 4.69) is 11.8 Å². The number of rotatable bonds is 6. The van der Waals surface area contributed by atoms with E-state index in [4.69, 9.17) is 9.47 Å². The van der Waals surface area contributed by atoms with Gasteiger partial charge in [-0.3, -0.25) is 0 Å². The maximum absolute atomic E-state index is 12.9. The predicted octanol–water partition coefficient (Wildman–Crippen LogP) is 3.81. The van der Waals surface area contributed by atoms with Gasteiger partial charge in [-0.2, -0.15) is 0 Å². The number of phenolic OH excluding ortho intramolecular Hbond substituents is 1. The van der Waals surface area contributed by atoms with Crippen LogP contribution < -0.4 is 4.74 Å². The zero-order valence-corrected chi connectivity index (χ0v) is 21.7. The molecule has 3 aliphatic heterocycles. The number of carbonyl (C=O) groups is 1. The quantitative estimate of drug-likeness (QED) is 0.234. The van der Waals surface area contributed by atoms with Crippen molar-refractivity contribution < 1.29 is 24.5 Å². The number of aromatic hydroxyl groups is 1. The van der Waals surface area contributed by atoms with Crippen molar-refractivity contribution in [2.24, 2.45) is 5.92 Å². The zero-order chi connectivity index (χ0) is 23.0. The van der Waals surface area contributed by atoms with E-state index in [1.54, 1.807) is 6.07 Å². The first-order chi connectivity index (χ1) is 15.9. The molecule has 1 spiro atoms. The fourth-order valence-corrected chi connectivity index (χ4v) is 13.8. The van der Waals surface area contributed by atoms with Crippen LogP contribution in [0.15, 0.2) is 12.1 Å². The summed E-state index contributed by atoms with van der Waals surface area (Å²) in [7, 11) is 1.86. The first-order valence-electron chi connectivity index (χ1n) is 12.4. The summed E-state index contributed by atoms with van der Waals surface area (Å²) >= 11 is -2.21. The van der Waals surface area contributed by atoms with Gasteiger partial charge in [-0.1, -0.05) is 0 Å². The van der Waals surface area contributed by atoms with Gasteiger partial charge in [0.2, 0.25) is 0 Å². The summed E-state index contributed by atoms with van der Waals surface area (Å²) in [4.78, 5) is 15.4. The Morgan fingerprint density at radius 3 is 2.94 bits per heavy atom. The Morgan fingerprint density at radius 1 is 1.36 bits per heavy atom. The average molecular weight is 570 g/mol. The zero-order valence-electron chi connectivity index (χ0n) is 19.6. The van der Waals surface area contributed by atoms with Crippen LogP contribution in [-0.2, 0) is 16.6 Å². The number of alkyl halides is 2. The molecule has 1 aromatic carbocycles. The summed E-state index contributed by atoms with van der Waals surface area (Å²) in [5.74, 6) is 1.48. The Bertz CT molecular complexity index is 970. The third-order valence-electron chi connectivity index (χ3n) is 8.64. The molecule has 1 aromatic rings. The van der Waals surface area contributed by atoms with Crippen molar-refractivity contribution in [1.82, 2.24) is 8.01 Å². The number of aliphatic hydroxyl groups is 1. The van der Waals surface area contributed by atoms with Crippen molar-refractivity contribution >= 4 is 26.2 Å². The number of ether oxygens (including phenoxy) is 2. The molecule has 1 amide bonds. The molecule has 0 aromatic heterocycles. The summed E-state index contributed by atoms with van der Waals surface area (Å²) in [5, 5.41) is 23.2. The van der Waals surface area contributed by atoms with Crippen LogP contribution in [0.2, 0.25) is 0 Å². The molecule has 0 radical (unpaired) electrons. The number of carbonyl (C=O) groups excluding carboxylic acids is 1. The van der Waals surface area contributed by atoms with E-state index in [1.807, 2.05) is 16.2 Å². The number of piperidine rings is 1. The molecule has 2 aliphatic carbocycles. The molecule has 2 saturated heterocycles. The van der Waals surface area contributed by atoms with Crippen molar-refractivity contribution in [2.75, 3.05) is 31.2 Å². The molecule has 2 N–H and O–H groups in total. The van der Waals surface area contributed by atoms with Crippen LogP contribution in [0.5, 0.6) is 11.5 Å². The van der Waals surface area contributed by atoms with E-state index in [1.165, 1.54) is 18.4 Å². The number of amides is 1. The predicted molar refractivity (Wildman–Crippen MR) is 133 cm³/mol. The van der Waals surface area contributed by atoms with Gasteiger partial charge in [0.1, 0.15) is 0 Å². The number of benzene rings is 1. The standard InChI is InChI=1S/C25H35IN2O5/c1-3-4-13-32-23(30)27(2)26-11-9-25(31)19-14-17-7-8-18(29)21-20(17)24(25,22(26)33-21)10-12-28(19)15-16-5-6-16/h7-8,16,19,22,29,31H,3-6,9-15H2,1-2H3/t19-,22-,24+,25-/m1/s1. The third-order valence-corrected chi connectivity index (χ3v) is 15.2. The molecule has 182 valence electrons. The molecule has 6 rings (SSSR count). The van der Waals surface area contributed by atoms with Crippen molar-refractivity contribution in [3.05, 3.63) is 23.3 Å². The summed E-state index contributed by atoms with van der Waals surface area (Å²) in [6.07, 6.45) is 6.47. The Hall–Kier alpha value is -1.26. The van der Waals surface area contributed by atoms with Crippen LogP contribution in [0, 0.1) is 5.92 Å². The van der Waals surface area contributed by atoms with Crippen LogP contribution in [0.25, 0.3) is 0 Å². The normalized spacial score (nSPS) is 35.1. The van der Waals surface area contributed by atoms with Crippen LogP contribution in [0.1, 0.15) is 56.6 Å². The van der Waals surface area contributed by atoms with Gasteiger partial charge in [0.05, 0.1) is 0 Å². The molecule has 5 aliphatic rings. The van der Waals surface area contributed by atoms with Gasteiger partial charge in [0, 0.05) is 0 Å². The number of hydrogen-bond donors (Lipinski definition) is 2. The minimum atomic E-state index is -2.21. The monoisotopic (exact) mass is 570 g/mol. The van der Waals surface area contributed by atoms with Crippen LogP contribution in [0.4, 0.5) is 4.79 Å². The van der Waals surface area contributed by atoms with Crippen LogP contribution in [0.3, 0.4) is 0 Å². The third kappa shape index (κ3) is 3.08. The van der Waals surface area contributed by atoms with E-state index in [-0.39, 0.29) is 22.0 Å². The number of likely N-dealkylation sites (tertiary alicyclic amines) is 1. The minimum absolute atomic E-state index is 0.0702. The molecule has 4 atom stereocenters. The van der Waals surface area contributed by atoms with Gasteiger partial charge in [0.25, 0.3) is 0 Å². The summed E-state index contributed by atoms with van der Waals surface area (Å²) in [6.45, 7) is 4.53.